The van der Waals surface area contributed by atoms with Crippen molar-refractivity contribution in [1.82, 2.24) is 10.2 Å². The Morgan fingerprint density at radius 1 is 1.33 bits per heavy atom. The summed E-state index contributed by atoms with van der Waals surface area (Å²) in [7, 11) is 0. The van der Waals surface area contributed by atoms with Crippen molar-refractivity contribution >= 4 is 11.7 Å². The van der Waals surface area contributed by atoms with Crippen LogP contribution in [0.15, 0.2) is 29.4 Å². The van der Waals surface area contributed by atoms with E-state index in [0.717, 1.165) is 25.9 Å². The molecule has 5 N–H and O–H groups in total. The van der Waals surface area contributed by atoms with Crippen LogP contribution in [0.4, 0.5) is 0 Å². The zero-order valence-corrected chi connectivity index (χ0v) is 11.7. The van der Waals surface area contributed by atoms with Crippen LogP contribution in [-0.2, 0) is 0 Å². The molecule has 7 heteroatoms. The van der Waals surface area contributed by atoms with Crippen LogP contribution in [0.1, 0.15) is 23.2 Å². The number of nitrogens with one attached hydrogen (secondary N) is 1. The van der Waals surface area contributed by atoms with Crippen molar-refractivity contribution in [2.24, 2.45) is 10.9 Å². The van der Waals surface area contributed by atoms with Crippen LogP contribution in [0, 0.1) is 0 Å². The maximum atomic E-state index is 12.1. The van der Waals surface area contributed by atoms with Crippen molar-refractivity contribution in [3.8, 4) is 5.75 Å². The molecule has 2 rings (SSSR count). The van der Waals surface area contributed by atoms with Gasteiger partial charge in [0.05, 0.1) is 6.54 Å². The van der Waals surface area contributed by atoms with Crippen molar-refractivity contribution in [3.63, 3.8) is 0 Å². The molecular weight excluding hydrogens is 272 g/mol. The van der Waals surface area contributed by atoms with E-state index in [1.165, 1.54) is 12.1 Å². The van der Waals surface area contributed by atoms with E-state index in [1.807, 2.05) is 0 Å². The summed E-state index contributed by atoms with van der Waals surface area (Å²) >= 11 is 0. The van der Waals surface area contributed by atoms with Crippen LogP contribution in [0.5, 0.6) is 5.75 Å². The number of rotatable bonds is 4. The van der Waals surface area contributed by atoms with Crippen molar-refractivity contribution in [3.05, 3.63) is 29.8 Å². The normalized spacial score (nSPS) is 17.6. The van der Waals surface area contributed by atoms with E-state index in [1.54, 1.807) is 12.1 Å². The lowest BCUT2D eigenvalue weighted by Gasteiger charge is -2.31. The van der Waals surface area contributed by atoms with Crippen molar-refractivity contribution in [2.45, 2.75) is 18.9 Å². The summed E-state index contributed by atoms with van der Waals surface area (Å²) in [4.78, 5) is 14.1. The first-order valence-electron chi connectivity index (χ1n) is 6.87. The molecule has 1 heterocycles. The highest BCUT2D eigenvalue weighted by Crippen LogP contribution is 2.13. The number of hydrogen-bond acceptors (Lipinski definition) is 5. The third kappa shape index (κ3) is 4.35. The molecule has 1 aliphatic rings. The number of aromatic hydroxyl groups is 1. The molecule has 1 aromatic rings. The third-order valence-corrected chi connectivity index (χ3v) is 3.57. The highest BCUT2D eigenvalue weighted by molar-refractivity contribution is 5.94. The number of hydrogen-bond donors (Lipinski definition) is 4. The number of carbonyl (C=O) groups is 1. The van der Waals surface area contributed by atoms with Gasteiger partial charge in [-0.1, -0.05) is 5.16 Å². The van der Waals surface area contributed by atoms with E-state index in [9.17, 15) is 9.90 Å². The smallest absolute Gasteiger partial charge is 0.251 e. The van der Waals surface area contributed by atoms with Crippen LogP contribution in [-0.4, -0.2) is 52.6 Å². The molecule has 0 bridgehead atoms. The van der Waals surface area contributed by atoms with Gasteiger partial charge in [0.25, 0.3) is 5.91 Å². The first-order valence-corrected chi connectivity index (χ1v) is 6.87. The molecule has 0 spiro atoms. The van der Waals surface area contributed by atoms with Gasteiger partial charge in [0.2, 0.25) is 0 Å². The van der Waals surface area contributed by atoms with Crippen LogP contribution >= 0.6 is 0 Å². The molecule has 0 unspecified atom stereocenters. The van der Waals surface area contributed by atoms with Gasteiger partial charge >= 0.3 is 0 Å². The molecule has 0 atom stereocenters. The van der Waals surface area contributed by atoms with Gasteiger partial charge < -0.3 is 21.4 Å². The molecule has 0 aliphatic carbocycles. The minimum Gasteiger partial charge on any atom is -0.508 e. The van der Waals surface area contributed by atoms with Gasteiger partial charge in [-0.3, -0.25) is 9.69 Å². The topological polar surface area (TPSA) is 111 Å². The quantitative estimate of drug-likeness (QED) is 0.277. The van der Waals surface area contributed by atoms with Crippen molar-refractivity contribution in [2.75, 3.05) is 19.6 Å². The number of amides is 1. The number of piperidine rings is 1. The summed E-state index contributed by atoms with van der Waals surface area (Å²) < 4.78 is 0. The van der Waals surface area contributed by atoms with Gasteiger partial charge in [0, 0.05) is 24.7 Å². The lowest BCUT2D eigenvalue weighted by Crippen LogP contribution is -2.46. The summed E-state index contributed by atoms with van der Waals surface area (Å²) in [6, 6.07) is 6.30. The molecule has 1 amide bonds. The number of nitrogens with two attached hydrogens (primary N) is 1. The SMILES string of the molecule is NC(CN1CCC(NC(=O)c2ccc(O)cc2)CC1)=NO. The Morgan fingerprint density at radius 2 is 1.95 bits per heavy atom. The Morgan fingerprint density at radius 3 is 2.52 bits per heavy atom. The average molecular weight is 292 g/mol. The van der Waals surface area contributed by atoms with Gasteiger partial charge in [-0.05, 0) is 37.1 Å². The number of benzene rings is 1. The standard InChI is InChI=1S/C14H20N4O3/c15-13(17-21)9-18-7-5-11(6-8-18)16-14(20)10-1-3-12(19)4-2-10/h1-4,11,19,21H,5-9H2,(H2,15,17)(H,16,20). The predicted octanol–water partition coefficient (Wildman–Crippen LogP) is 0.333. The third-order valence-electron chi connectivity index (χ3n) is 3.57. The van der Waals surface area contributed by atoms with E-state index in [4.69, 9.17) is 10.9 Å². The molecule has 1 fully saturated rings. The van der Waals surface area contributed by atoms with E-state index < -0.39 is 0 Å². The summed E-state index contributed by atoms with van der Waals surface area (Å²) in [6.07, 6.45) is 1.64. The van der Waals surface area contributed by atoms with Crippen LogP contribution in [0.3, 0.4) is 0 Å². The highest BCUT2D eigenvalue weighted by Gasteiger charge is 2.21. The summed E-state index contributed by atoms with van der Waals surface area (Å²) in [5.74, 6) is 0.203. The molecule has 1 aromatic carbocycles. The Labute approximate surface area is 123 Å². The fourth-order valence-corrected chi connectivity index (χ4v) is 2.38. The monoisotopic (exact) mass is 292 g/mol. The first-order chi connectivity index (χ1) is 10.1. The second-order valence-electron chi connectivity index (χ2n) is 5.16. The average Bonchev–Trinajstić information content (AvgIpc) is 2.49. The molecule has 1 aliphatic heterocycles. The fraction of sp³-hybridized carbons (Fsp3) is 0.429. The predicted molar refractivity (Wildman–Crippen MR) is 78.4 cm³/mol. The van der Waals surface area contributed by atoms with E-state index in [2.05, 4.69) is 15.4 Å². The maximum absolute atomic E-state index is 12.1. The summed E-state index contributed by atoms with van der Waals surface area (Å²) in [5.41, 5.74) is 6.01. The van der Waals surface area contributed by atoms with E-state index >= 15 is 0 Å². The zero-order chi connectivity index (χ0) is 15.2. The number of amidine groups is 1. The first kappa shape index (κ1) is 15.1. The lowest BCUT2D eigenvalue weighted by molar-refractivity contribution is 0.0914. The maximum Gasteiger partial charge on any atom is 0.251 e. The number of oxime groups is 1. The molecule has 7 nitrogen and oxygen atoms in total. The van der Waals surface area contributed by atoms with Crippen LogP contribution in [0.2, 0.25) is 0 Å². The largest absolute Gasteiger partial charge is 0.508 e. The Balaban J connectivity index is 1.80. The second kappa shape index (κ2) is 6.94. The van der Waals surface area contributed by atoms with Crippen molar-refractivity contribution < 1.29 is 15.1 Å². The van der Waals surface area contributed by atoms with Crippen LogP contribution < -0.4 is 11.1 Å². The molecule has 114 valence electrons. The molecule has 1 saturated heterocycles. The van der Waals surface area contributed by atoms with E-state index in [-0.39, 0.29) is 23.5 Å². The van der Waals surface area contributed by atoms with E-state index in [0.29, 0.717) is 12.1 Å². The number of phenols is 1. The van der Waals surface area contributed by atoms with Gasteiger partial charge in [-0.2, -0.15) is 0 Å². The Kier molecular flexibility index (Phi) is 4.99. The Bertz CT molecular complexity index is 507. The lowest BCUT2D eigenvalue weighted by atomic mass is 10.0. The Hall–Kier alpha value is -2.28. The molecule has 0 radical (unpaired) electrons. The van der Waals surface area contributed by atoms with Gasteiger partial charge in [0.15, 0.2) is 5.84 Å². The minimum absolute atomic E-state index is 0.120. The zero-order valence-electron chi connectivity index (χ0n) is 11.7. The second-order valence-corrected chi connectivity index (χ2v) is 5.16. The molecular formula is C14H20N4O3. The number of carbonyl (C=O) groups excluding carboxylic acids is 1. The molecule has 21 heavy (non-hydrogen) atoms. The van der Waals surface area contributed by atoms with Gasteiger partial charge in [-0.25, -0.2) is 0 Å². The van der Waals surface area contributed by atoms with Gasteiger partial charge in [-0.15, -0.1) is 0 Å². The summed E-state index contributed by atoms with van der Waals surface area (Å²) in [5, 5.41) is 23.7. The molecule has 0 aromatic heterocycles. The van der Waals surface area contributed by atoms with Crippen molar-refractivity contribution in [1.29, 1.82) is 0 Å². The van der Waals surface area contributed by atoms with Gasteiger partial charge in [0.1, 0.15) is 5.75 Å². The number of phenolic OH excluding ortho intramolecular Hbond substituents is 1. The fourth-order valence-electron chi connectivity index (χ4n) is 2.38. The molecule has 0 saturated carbocycles. The number of likely N-dealkylation sites (tertiary alicyclic amines) is 1. The highest BCUT2D eigenvalue weighted by atomic mass is 16.4. The van der Waals surface area contributed by atoms with Crippen LogP contribution in [0.25, 0.3) is 0 Å². The minimum atomic E-state index is -0.134. The summed E-state index contributed by atoms with van der Waals surface area (Å²) in [6.45, 7) is 2.02. The number of nitrogens with zero attached hydrogens (tertiary/aromatic N) is 2.